The van der Waals surface area contributed by atoms with E-state index in [0.29, 0.717) is 11.3 Å². The third kappa shape index (κ3) is 2.87. The highest BCUT2D eigenvalue weighted by atomic mass is 32.2. The molecule has 3 N–H and O–H groups in total. The summed E-state index contributed by atoms with van der Waals surface area (Å²) < 4.78 is 2.02. The maximum atomic E-state index is 11.6. The van der Waals surface area contributed by atoms with E-state index in [1.807, 2.05) is 60.1 Å². The van der Waals surface area contributed by atoms with E-state index >= 15 is 0 Å². The molecule has 1 aromatic heterocycles. The molecule has 3 aromatic rings. The lowest BCUT2D eigenvalue weighted by atomic mass is 10.1. The zero-order valence-corrected chi connectivity index (χ0v) is 13.9. The molecule has 0 radical (unpaired) electrons. The molecule has 0 unspecified atom stereocenters. The Morgan fingerprint density at radius 1 is 1.25 bits per heavy atom. The zero-order valence-electron chi connectivity index (χ0n) is 13.1. The summed E-state index contributed by atoms with van der Waals surface area (Å²) in [7, 11) is 1.95. The van der Waals surface area contributed by atoms with Crippen LogP contribution in [0, 0.1) is 11.3 Å². The molecule has 120 valence electrons. The first-order chi connectivity index (χ1) is 11.7. The molecule has 0 fully saturated rings. The lowest BCUT2D eigenvalue weighted by molar-refractivity contribution is -0.113. The van der Waals surface area contributed by atoms with Crippen LogP contribution in [-0.2, 0) is 11.8 Å². The van der Waals surface area contributed by atoms with Crippen LogP contribution in [0.1, 0.15) is 5.56 Å². The standard InChI is InChI=1S/C18H16N4OS/c1-22-16-5-3-2-4-14(16)15(10-19)18(22)12-6-8-13(9-7-12)21-17(23)11-24-20/h2-9H,11,20H2,1H3,(H,21,23). The number of carbonyl (C=O) groups is 1. The summed E-state index contributed by atoms with van der Waals surface area (Å²) in [6.45, 7) is 0. The zero-order chi connectivity index (χ0) is 17.1. The third-order valence-electron chi connectivity index (χ3n) is 3.88. The highest BCUT2D eigenvalue weighted by Crippen LogP contribution is 2.32. The smallest absolute Gasteiger partial charge is 0.235 e. The summed E-state index contributed by atoms with van der Waals surface area (Å²) in [5.74, 6) is 0.0707. The number of hydrogen-bond acceptors (Lipinski definition) is 4. The number of nitrogens with two attached hydrogens (primary N) is 1. The van der Waals surface area contributed by atoms with Crippen LogP contribution in [0.5, 0.6) is 0 Å². The Labute approximate surface area is 144 Å². The van der Waals surface area contributed by atoms with E-state index in [-0.39, 0.29) is 11.7 Å². The Bertz CT molecular complexity index is 938. The molecule has 0 atom stereocenters. The molecule has 3 rings (SSSR count). The van der Waals surface area contributed by atoms with Crippen LogP contribution in [0.25, 0.3) is 22.2 Å². The highest BCUT2D eigenvalue weighted by molar-refractivity contribution is 7.97. The van der Waals surface area contributed by atoms with Gasteiger partial charge in [-0.2, -0.15) is 5.26 Å². The van der Waals surface area contributed by atoms with E-state index in [9.17, 15) is 10.1 Å². The molecule has 0 spiro atoms. The first kappa shape index (κ1) is 16.1. The fourth-order valence-corrected chi connectivity index (χ4v) is 3.05. The molecular formula is C18H16N4OS. The molecule has 1 heterocycles. The molecule has 0 saturated heterocycles. The Kier molecular flexibility index (Phi) is 4.56. The average molecular weight is 336 g/mol. The summed E-state index contributed by atoms with van der Waals surface area (Å²) >= 11 is 0.987. The summed E-state index contributed by atoms with van der Waals surface area (Å²) in [5, 5.41) is 18.6. The number of nitrogens with one attached hydrogen (secondary N) is 1. The van der Waals surface area contributed by atoms with Crippen molar-refractivity contribution < 1.29 is 4.79 Å². The fraction of sp³-hybridized carbons (Fsp3) is 0.111. The van der Waals surface area contributed by atoms with E-state index in [4.69, 9.17) is 5.14 Å². The molecule has 0 saturated carbocycles. The maximum absolute atomic E-state index is 11.6. The van der Waals surface area contributed by atoms with E-state index in [2.05, 4.69) is 11.4 Å². The second kappa shape index (κ2) is 6.79. The van der Waals surface area contributed by atoms with Crippen LogP contribution >= 0.6 is 11.9 Å². The number of anilines is 1. The molecular weight excluding hydrogens is 320 g/mol. The van der Waals surface area contributed by atoms with Gasteiger partial charge in [-0.1, -0.05) is 42.3 Å². The predicted octanol–water partition coefficient (Wildman–Crippen LogP) is 3.26. The van der Waals surface area contributed by atoms with Gasteiger partial charge in [0.05, 0.1) is 17.0 Å². The van der Waals surface area contributed by atoms with Crippen LogP contribution in [-0.4, -0.2) is 16.2 Å². The van der Waals surface area contributed by atoms with Crippen LogP contribution in [0.15, 0.2) is 48.5 Å². The molecule has 0 aliphatic carbocycles. The van der Waals surface area contributed by atoms with Crippen molar-refractivity contribution in [2.24, 2.45) is 12.2 Å². The van der Waals surface area contributed by atoms with Gasteiger partial charge in [0.25, 0.3) is 0 Å². The number of carbonyl (C=O) groups excluding carboxylic acids is 1. The second-order valence-electron chi connectivity index (χ2n) is 5.35. The number of amides is 1. The Morgan fingerprint density at radius 3 is 2.62 bits per heavy atom. The van der Waals surface area contributed by atoms with Crippen molar-refractivity contribution in [2.45, 2.75) is 0 Å². The van der Waals surface area contributed by atoms with Crippen molar-refractivity contribution in [2.75, 3.05) is 11.1 Å². The van der Waals surface area contributed by atoms with Gasteiger partial charge in [-0.05, 0) is 23.8 Å². The maximum Gasteiger partial charge on any atom is 0.235 e. The number of fused-ring (bicyclic) bond motifs is 1. The predicted molar refractivity (Wildman–Crippen MR) is 98.3 cm³/mol. The monoisotopic (exact) mass is 336 g/mol. The van der Waals surface area contributed by atoms with Crippen LogP contribution in [0.3, 0.4) is 0 Å². The fourth-order valence-electron chi connectivity index (χ4n) is 2.83. The number of aromatic nitrogens is 1. The van der Waals surface area contributed by atoms with Crippen molar-refractivity contribution in [3.05, 3.63) is 54.1 Å². The van der Waals surface area contributed by atoms with Gasteiger partial charge in [0, 0.05) is 23.6 Å². The van der Waals surface area contributed by atoms with E-state index < -0.39 is 0 Å². The number of nitriles is 1. The number of rotatable bonds is 4. The second-order valence-corrected chi connectivity index (χ2v) is 5.97. The first-order valence-electron chi connectivity index (χ1n) is 7.35. The Balaban J connectivity index is 2.01. The molecule has 0 aliphatic heterocycles. The van der Waals surface area contributed by atoms with Crippen molar-refractivity contribution in [3.8, 4) is 17.3 Å². The number of aryl methyl sites for hydroxylation is 1. The number of nitrogens with zero attached hydrogens (tertiary/aromatic N) is 2. The van der Waals surface area contributed by atoms with Gasteiger partial charge in [0.2, 0.25) is 5.91 Å². The number of hydrogen-bond donors (Lipinski definition) is 2. The van der Waals surface area contributed by atoms with Gasteiger partial charge in [-0.3, -0.25) is 9.93 Å². The molecule has 5 nitrogen and oxygen atoms in total. The van der Waals surface area contributed by atoms with E-state index in [0.717, 1.165) is 34.1 Å². The van der Waals surface area contributed by atoms with Gasteiger partial charge in [0.15, 0.2) is 0 Å². The largest absolute Gasteiger partial charge is 0.343 e. The van der Waals surface area contributed by atoms with Crippen molar-refractivity contribution >= 4 is 34.4 Å². The average Bonchev–Trinajstić information content (AvgIpc) is 2.88. The lowest BCUT2D eigenvalue weighted by Crippen LogP contribution is -2.14. The topological polar surface area (TPSA) is 83.8 Å². The normalized spacial score (nSPS) is 10.5. The highest BCUT2D eigenvalue weighted by Gasteiger charge is 2.16. The minimum Gasteiger partial charge on any atom is -0.343 e. The lowest BCUT2D eigenvalue weighted by Gasteiger charge is -2.08. The third-order valence-corrected chi connectivity index (χ3v) is 4.30. The molecule has 0 aliphatic rings. The summed E-state index contributed by atoms with van der Waals surface area (Å²) in [5.41, 5.74) is 4.17. The van der Waals surface area contributed by atoms with Crippen LogP contribution < -0.4 is 10.5 Å². The van der Waals surface area contributed by atoms with Crippen molar-refractivity contribution in [1.29, 1.82) is 5.26 Å². The van der Waals surface area contributed by atoms with Crippen LogP contribution in [0.2, 0.25) is 0 Å². The van der Waals surface area contributed by atoms with Crippen molar-refractivity contribution in [1.82, 2.24) is 4.57 Å². The van der Waals surface area contributed by atoms with E-state index in [1.165, 1.54) is 0 Å². The quantitative estimate of drug-likeness (QED) is 0.716. The minimum atomic E-state index is -0.141. The molecule has 24 heavy (non-hydrogen) atoms. The summed E-state index contributed by atoms with van der Waals surface area (Å²) in [4.78, 5) is 11.6. The molecule has 1 amide bonds. The Hall–Kier alpha value is -2.75. The molecule has 2 aromatic carbocycles. The summed E-state index contributed by atoms with van der Waals surface area (Å²) in [6, 6.07) is 17.6. The van der Waals surface area contributed by atoms with Crippen LogP contribution in [0.4, 0.5) is 5.69 Å². The minimum absolute atomic E-state index is 0.141. The van der Waals surface area contributed by atoms with Gasteiger partial charge in [-0.25, -0.2) is 0 Å². The SMILES string of the molecule is Cn1c(-c2ccc(NC(=O)CSN)cc2)c(C#N)c2ccccc21. The van der Waals surface area contributed by atoms with Gasteiger partial charge in [0.1, 0.15) is 6.07 Å². The Morgan fingerprint density at radius 2 is 1.96 bits per heavy atom. The molecule has 6 heteroatoms. The molecule has 0 bridgehead atoms. The number of para-hydroxylation sites is 1. The van der Waals surface area contributed by atoms with Gasteiger partial charge >= 0.3 is 0 Å². The number of benzene rings is 2. The van der Waals surface area contributed by atoms with Gasteiger partial charge < -0.3 is 9.88 Å². The van der Waals surface area contributed by atoms with E-state index in [1.54, 1.807) is 0 Å². The summed E-state index contributed by atoms with van der Waals surface area (Å²) in [6.07, 6.45) is 0. The first-order valence-corrected chi connectivity index (χ1v) is 8.40. The van der Waals surface area contributed by atoms with Crippen molar-refractivity contribution in [3.63, 3.8) is 0 Å². The van der Waals surface area contributed by atoms with Gasteiger partial charge in [-0.15, -0.1) is 0 Å².